The van der Waals surface area contributed by atoms with Gasteiger partial charge < -0.3 is 24.4 Å². The maximum Gasteiger partial charge on any atom is 0.410 e. The van der Waals surface area contributed by atoms with E-state index in [-0.39, 0.29) is 17.6 Å². The molecule has 2 amide bonds. The number of esters is 1. The van der Waals surface area contributed by atoms with Crippen molar-refractivity contribution in [2.24, 2.45) is 5.92 Å². The van der Waals surface area contributed by atoms with Gasteiger partial charge in [0.1, 0.15) is 11.4 Å². The summed E-state index contributed by atoms with van der Waals surface area (Å²) in [6.45, 7) is 9.33. The van der Waals surface area contributed by atoms with Gasteiger partial charge in [0, 0.05) is 18.7 Å². The lowest BCUT2D eigenvalue weighted by Crippen LogP contribution is -2.41. The molecular weight excluding hydrogens is 532 g/mol. The van der Waals surface area contributed by atoms with Crippen molar-refractivity contribution in [2.45, 2.75) is 52.6 Å². The molecule has 3 aromatic rings. The van der Waals surface area contributed by atoms with Gasteiger partial charge in [0.05, 0.1) is 25.0 Å². The molecule has 1 fully saturated rings. The number of hydrogen-bond acceptors (Lipinski definition) is 6. The molecule has 4 rings (SSSR count). The van der Waals surface area contributed by atoms with Crippen molar-refractivity contribution in [3.05, 3.63) is 83.4 Å². The number of rotatable bonds is 8. The Kier molecular flexibility index (Phi) is 9.88. The summed E-state index contributed by atoms with van der Waals surface area (Å²) in [5, 5.41) is 2.92. The molecule has 1 heterocycles. The van der Waals surface area contributed by atoms with E-state index in [4.69, 9.17) is 14.2 Å². The Hall–Kier alpha value is -4.33. The van der Waals surface area contributed by atoms with Gasteiger partial charge in [-0.15, -0.1) is 0 Å². The number of benzene rings is 3. The highest BCUT2D eigenvalue weighted by Crippen LogP contribution is 2.28. The van der Waals surface area contributed by atoms with E-state index in [0.717, 1.165) is 36.0 Å². The molecule has 1 aliphatic rings. The second-order valence-electron chi connectivity index (χ2n) is 11.6. The number of ether oxygens (including phenoxy) is 3. The smallest absolute Gasteiger partial charge is 0.410 e. The third kappa shape index (κ3) is 8.12. The number of anilines is 1. The first-order chi connectivity index (χ1) is 20.0. The van der Waals surface area contributed by atoms with E-state index in [2.05, 4.69) is 5.32 Å². The van der Waals surface area contributed by atoms with E-state index in [0.29, 0.717) is 42.6 Å². The zero-order valence-corrected chi connectivity index (χ0v) is 25.1. The van der Waals surface area contributed by atoms with Crippen LogP contribution in [0.25, 0.3) is 11.1 Å². The van der Waals surface area contributed by atoms with Crippen LogP contribution in [0.5, 0.6) is 5.75 Å². The number of nitrogens with one attached hydrogen (secondary N) is 1. The largest absolute Gasteiger partial charge is 0.494 e. The number of aryl methyl sites for hydroxylation is 1. The first-order valence-corrected chi connectivity index (χ1v) is 14.3. The van der Waals surface area contributed by atoms with E-state index in [1.54, 1.807) is 23.1 Å². The predicted octanol–water partition coefficient (Wildman–Crippen LogP) is 7.12. The Balaban J connectivity index is 1.38. The van der Waals surface area contributed by atoms with Crippen LogP contribution >= 0.6 is 0 Å². The fourth-order valence-electron chi connectivity index (χ4n) is 4.95. The number of amides is 2. The summed E-state index contributed by atoms with van der Waals surface area (Å²) in [5.41, 5.74) is 3.22. The van der Waals surface area contributed by atoms with Crippen LogP contribution < -0.4 is 10.1 Å². The van der Waals surface area contributed by atoms with Crippen molar-refractivity contribution in [3.8, 4) is 16.9 Å². The quantitative estimate of drug-likeness (QED) is 0.289. The number of carbonyl (C=O) groups excluding carboxylic acids is 3. The Morgan fingerprint density at radius 2 is 1.62 bits per heavy atom. The molecular formula is C34H40N2O6. The number of likely N-dealkylation sites (tertiary alicyclic amines) is 1. The van der Waals surface area contributed by atoms with E-state index >= 15 is 0 Å². The predicted molar refractivity (Wildman–Crippen MR) is 163 cm³/mol. The first-order valence-electron chi connectivity index (χ1n) is 14.3. The average molecular weight is 573 g/mol. The van der Waals surface area contributed by atoms with Crippen molar-refractivity contribution >= 4 is 23.7 Å². The third-order valence-corrected chi connectivity index (χ3v) is 7.29. The van der Waals surface area contributed by atoms with E-state index in [1.165, 1.54) is 7.11 Å². The molecule has 8 heteroatoms. The summed E-state index contributed by atoms with van der Waals surface area (Å²) in [7, 11) is 1.31. The second kappa shape index (κ2) is 13.6. The summed E-state index contributed by atoms with van der Waals surface area (Å²) in [6.07, 6.45) is 2.39. The Morgan fingerprint density at radius 3 is 2.29 bits per heavy atom. The van der Waals surface area contributed by atoms with Gasteiger partial charge in [-0.05, 0) is 93.8 Å². The molecule has 222 valence electrons. The third-order valence-electron chi connectivity index (χ3n) is 7.29. The number of carbonyl (C=O) groups is 3. The van der Waals surface area contributed by atoms with Crippen molar-refractivity contribution in [1.29, 1.82) is 0 Å². The van der Waals surface area contributed by atoms with Crippen LogP contribution in [0.3, 0.4) is 0 Å². The molecule has 1 N–H and O–H groups in total. The van der Waals surface area contributed by atoms with Crippen LogP contribution in [-0.4, -0.2) is 55.3 Å². The van der Waals surface area contributed by atoms with Gasteiger partial charge in [-0.3, -0.25) is 4.79 Å². The Bertz CT molecular complexity index is 1410. The number of hydrogen-bond donors (Lipinski definition) is 1. The van der Waals surface area contributed by atoms with Crippen molar-refractivity contribution in [1.82, 2.24) is 4.90 Å². The SMILES string of the molecule is COC(=O)c1ccc(-c2ccccc2)cc1NC(=O)c1cc(OCCC2CCN(C(=O)OC(C)(C)C)CC2)ccc1C. The van der Waals surface area contributed by atoms with Crippen LogP contribution in [0.2, 0.25) is 0 Å². The summed E-state index contributed by atoms with van der Waals surface area (Å²) < 4.78 is 16.5. The molecule has 0 spiro atoms. The van der Waals surface area contributed by atoms with Gasteiger partial charge in [0.2, 0.25) is 0 Å². The van der Waals surface area contributed by atoms with Crippen molar-refractivity contribution in [2.75, 3.05) is 32.1 Å². The van der Waals surface area contributed by atoms with Crippen LogP contribution in [0, 0.1) is 12.8 Å². The lowest BCUT2D eigenvalue weighted by atomic mass is 9.94. The summed E-state index contributed by atoms with van der Waals surface area (Å²) in [6, 6.07) is 20.4. The van der Waals surface area contributed by atoms with Crippen LogP contribution in [0.1, 0.15) is 66.3 Å². The highest BCUT2D eigenvalue weighted by atomic mass is 16.6. The molecule has 8 nitrogen and oxygen atoms in total. The molecule has 0 radical (unpaired) electrons. The number of nitrogens with zero attached hydrogens (tertiary/aromatic N) is 1. The highest BCUT2D eigenvalue weighted by molar-refractivity contribution is 6.09. The highest BCUT2D eigenvalue weighted by Gasteiger charge is 2.27. The van der Waals surface area contributed by atoms with Crippen molar-refractivity contribution < 1.29 is 28.6 Å². The molecule has 3 aromatic carbocycles. The van der Waals surface area contributed by atoms with E-state index in [1.807, 2.05) is 76.2 Å². The first kappa shape index (κ1) is 30.6. The lowest BCUT2D eigenvalue weighted by molar-refractivity contribution is 0.0177. The lowest BCUT2D eigenvalue weighted by Gasteiger charge is -2.33. The van der Waals surface area contributed by atoms with Crippen LogP contribution in [0.15, 0.2) is 66.7 Å². The fraction of sp³-hybridized carbons (Fsp3) is 0.382. The summed E-state index contributed by atoms with van der Waals surface area (Å²) >= 11 is 0. The van der Waals surface area contributed by atoms with Crippen LogP contribution in [-0.2, 0) is 9.47 Å². The van der Waals surface area contributed by atoms with Gasteiger partial charge in [0.15, 0.2) is 0 Å². The molecule has 1 aliphatic heterocycles. The summed E-state index contributed by atoms with van der Waals surface area (Å²) in [5.74, 6) is 0.173. The maximum atomic E-state index is 13.4. The topological polar surface area (TPSA) is 94.2 Å². The van der Waals surface area contributed by atoms with Gasteiger partial charge in [-0.2, -0.15) is 0 Å². The molecule has 42 heavy (non-hydrogen) atoms. The normalized spacial score (nSPS) is 13.8. The zero-order valence-electron chi connectivity index (χ0n) is 25.1. The minimum Gasteiger partial charge on any atom is -0.494 e. The molecule has 0 unspecified atom stereocenters. The van der Waals surface area contributed by atoms with Gasteiger partial charge in [-0.1, -0.05) is 42.5 Å². The zero-order chi connectivity index (χ0) is 30.3. The molecule has 1 saturated heterocycles. The molecule has 0 atom stereocenters. The maximum absolute atomic E-state index is 13.4. The van der Waals surface area contributed by atoms with Gasteiger partial charge in [0.25, 0.3) is 5.91 Å². The molecule has 0 aromatic heterocycles. The Labute approximate surface area is 248 Å². The standard InChI is InChI=1S/C34H40N2O6/c1-23-11-13-27(41-20-17-24-15-18-36(19-16-24)33(39)42-34(2,3)4)22-29(23)31(37)35-30-21-26(25-9-7-6-8-10-25)12-14-28(30)32(38)40-5/h6-14,21-22,24H,15-20H2,1-5H3,(H,35,37). The van der Waals surface area contributed by atoms with Gasteiger partial charge in [-0.25, -0.2) is 9.59 Å². The minimum absolute atomic E-state index is 0.256. The number of methoxy groups -OCH3 is 1. The number of piperidine rings is 1. The Morgan fingerprint density at radius 1 is 0.905 bits per heavy atom. The van der Waals surface area contributed by atoms with E-state index in [9.17, 15) is 14.4 Å². The summed E-state index contributed by atoms with van der Waals surface area (Å²) in [4.78, 5) is 40.0. The van der Waals surface area contributed by atoms with Crippen LogP contribution in [0.4, 0.5) is 10.5 Å². The molecule has 0 bridgehead atoms. The van der Waals surface area contributed by atoms with E-state index < -0.39 is 11.6 Å². The molecule has 0 saturated carbocycles. The van der Waals surface area contributed by atoms with Crippen molar-refractivity contribution in [3.63, 3.8) is 0 Å². The monoisotopic (exact) mass is 572 g/mol. The second-order valence-corrected chi connectivity index (χ2v) is 11.6. The molecule has 0 aliphatic carbocycles. The average Bonchev–Trinajstić information content (AvgIpc) is 2.97. The fourth-order valence-corrected chi connectivity index (χ4v) is 4.95. The minimum atomic E-state index is -0.532. The van der Waals surface area contributed by atoms with Gasteiger partial charge >= 0.3 is 12.1 Å².